The summed E-state index contributed by atoms with van der Waals surface area (Å²) in [5, 5.41) is 5.00. The minimum Gasteiger partial charge on any atom is -0.309 e. The number of aromatic nitrogens is 4. The second-order valence-corrected chi connectivity index (χ2v) is 15.6. The van der Waals surface area contributed by atoms with Crippen LogP contribution >= 0.6 is 0 Å². The Kier molecular flexibility index (Phi) is 6.15. The average Bonchev–Trinajstić information content (AvgIpc) is 3.66. The van der Waals surface area contributed by atoms with Gasteiger partial charge in [-0.25, -0.2) is 4.98 Å². The van der Waals surface area contributed by atoms with Crippen molar-refractivity contribution in [3.63, 3.8) is 0 Å². The van der Waals surface area contributed by atoms with E-state index < -0.39 is 0 Å². The molecule has 0 radical (unpaired) electrons. The Morgan fingerprint density at radius 2 is 1.25 bits per heavy atom. The molecule has 9 aromatic rings. The number of hydrogen-bond acceptors (Lipinski definition) is 2. The largest absolute Gasteiger partial charge is 0.309 e. The van der Waals surface area contributed by atoms with Crippen molar-refractivity contribution in [2.24, 2.45) is 0 Å². The molecule has 1 aliphatic heterocycles. The molecule has 0 aliphatic carbocycles. The third-order valence-electron chi connectivity index (χ3n) is 11.2. The maximum absolute atomic E-state index is 5.05. The molecule has 0 saturated heterocycles. The molecule has 4 nitrogen and oxygen atoms in total. The molecule has 4 aromatic heterocycles. The summed E-state index contributed by atoms with van der Waals surface area (Å²) in [7, 11) is 0. The fourth-order valence-corrected chi connectivity index (χ4v) is 8.42. The van der Waals surface area contributed by atoms with E-state index in [0.29, 0.717) is 0 Å². The Morgan fingerprint density at radius 3 is 2.10 bits per heavy atom. The first-order valence-corrected chi connectivity index (χ1v) is 17.8. The zero-order chi connectivity index (χ0) is 34.6. The quantitative estimate of drug-likeness (QED) is 0.189. The lowest BCUT2D eigenvalue weighted by atomic mass is 9.73. The van der Waals surface area contributed by atoms with Gasteiger partial charge in [-0.3, -0.25) is 9.55 Å². The van der Waals surface area contributed by atoms with Crippen molar-refractivity contribution in [1.82, 2.24) is 19.1 Å². The summed E-state index contributed by atoms with van der Waals surface area (Å²) < 4.78 is 4.85. The highest BCUT2D eigenvalue weighted by molar-refractivity contribution is 6.13. The fourth-order valence-electron chi connectivity index (χ4n) is 8.42. The van der Waals surface area contributed by atoms with Crippen LogP contribution in [0.4, 0.5) is 0 Å². The number of fused-ring (bicyclic) bond motifs is 8. The van der Waals surface area contributed by atoms with Crippen molar-refractivity contribution < 1.29 is 0 Å². The van der Waals surface area contributed by atoms with Crippen LogP contribution in [0, 0.1) is 0 Å². The minimum atomic E-state index is -0.189. The van der Waals surface area contributed by atoms with E-state index in [1.165, 1.54) is 60.3 Å². The van der Waals surface area contributed by atoms with E-state index in [2.05, 4.69) is 171 Å². The Morgan fingerprint density at radius 1 is 0.510 bits per heavy atom. The molecule has 10 rings (SSSR count). The van der Waals surface area contributed by atoms with E-state index in [4.69, 9.17) is 9.97 Å². The molecule has 0 unspecified atom stereocenters. The van der Waals surface area contributed by atoms with Gasteiger partial charge in [0, 0.05) is 56.2 Å². The first-order valence-electron chi connectivity index (χ1n) is 17.8. The Hall–Kier alpha value is -6.00. The van der Waals surface area contributed by atoms with E-state index in [1.807, 2.05) is 12.4 Å². The van der Waals surface area contributed by atoms with Crippen LogP contribution < -0.4 is 0 Å². The maximum atomic E-state index is 5.05. The molecule has 0 N–H and O–H groups in total. The lowest BCUT2D eigenvalue weighted by Gasteiger charge is -2.35. The summed E-state index contributed by atoms with van der Waals surface area (Å²) in [6, 6.07) is 46.5. The van der Waals surface area contributed by atoms with Crippen LogP contribution in [0.5, 0.6) is 0 Å². The van der Waals surface area contributed by atoms with Crippen LogP contribution in [-0.2, 0) is 10.8 Å². The third-order valence-corrected chi connectivity index (χ3v) is 11.2. The van der Waals surface area contributed by atoms with Gasteiger partial charge in [0.05, 0.1) is 27.8 Å². The maximum Gasteiger partial charge on any atom is 0.141 e. The van der Waals surface area contributed by atoms with Crippen molar-refractivity contribution in [3.8, 4) is 33.9 Å². The number of nitrogens with zero attached hydrogens (tertiary/aromatic N) is 4. The van der Waals surface area contributed by atoms with Crippen molar-refractivity contribution in [3.05, 3.63) is 156 Å². The Bertz CT molecular complexity index is 2860. The molecule has 5 aromatic carbocycles. The third kappa shape index (κ3) is 4.32. The number of para-hydroxylation sites is 1. The lowest BCUT2D eigenvalue weighted by Crippen LogP contribution is -2.28. The molecule has 0 amide bonds. The molecule has 246 valence electrons. The van der Waals surface area contributed by atoms with Gasteiger partial charge in [-0.1, -0.05) is 113 Å². The SMILES string of the molecule is CC(C)(C)c1cc2c3c(c1)c1ccc(-n4c5ccccc5c5ccc(-c6cc(-c7ccccc7)ccn6)cc54)cc1n3-c1ncccc1C2(C)C. The van der Waals surface area contributed by atoms with Gasteiger partial charge < -0.3 is 4.57 Å². The smallest absolute Gasteiger partial charge is 0.141 e. The summed E-state index contributed by atoms with van der Waals surface area (Å²) in [5.74, 6) is 1.02. The Labute approximate surface area is 297 Å². The van der Waals surface area contributed by atoms with Gasteiger partial charge in [0.1, 0.15) is 5.82 Å². The molecule has 0 saturated carbocycles. The van der Waals surface area contributed by atoms with Crippen molar-refractivity contribution in [2.75, 3.05) is 0 Å². The van der Waals surface area contributed by atoms with E-state index in [9.17, 15) is 0 Å². The van der Waals surface area contributed by atoms with Gasteiger partial charge in [0.2, 0.25) is 0 Å². The highest BCUT2D eigenvalue weighted by Gasteiger charge is 2.37. The van der Waals surface area contributed by atoms with E-state index in [-0.39, 0.29) is 10.8 Å². The van der Waals surface area contributed by atoms with Crippen molar-refractivity contribution >= 4 is 43.6 Å². The zero-order valence-electron chi connectivity index (χ0n) is 29.6. The average molecular weight is 659 g/mol. The van der Waals surface area contributed by atoms with Gasteiger partial charge in [0.25, 0.3) is 0 Å². The summed E-state index contributed by atoms with van der Waals surface area (Å²) in [4.78, 5) is 9.89. The van der Waals surface area contributed by atoms with Gasteiger partial charge in [-0.2, -0.15) is 0 Å². The first-order chi connectivity index (χ1) is 24.7. The number of hydrogen-bond donors (Lipinski definition) is 0. The Balaban J connectivity index is 1.25. The fraction of sp³-hybridized carbons (Fsp3) is 0.149. The first kappa shape index (κ1) is 29.9. The van der Waals surface area contributed by atoms with Gasteiger partial charge in [-0.15, -0.1) is 0 Å². The molecule has 51 heavy (non-hydrogen) atoms. The van der Waals surface area contributed by atoms with Gasteiger partial charge >= 0.3 is 0 Å². The second-order valence-electron chi connectivity index (χ2n) is 15.6. The van der Waals surface area contributed by atoms with E-state index in [1.54, 1.807) is 0 Å². The molecule has 4 heteroatoms. The highest BCUT2D eigenvalue weighted by Crippen LogP contribution is 2.49. The predicted molar refractivity (Wildman–Crippen MR) is 212 cm³/mol. The standard InChI is InChI=1S/C47H38N4/c1-46(2,3)32-26-37-36-20-18-33(28-43(36)51-44(37)39(27-32)47(4,5)38-15-11-22-49-45(38)51)50-41-16-10-9-14-34(41)35-19-17-31(25-42(35)50)40-24-30(21-23-48-40)29-12-7-6-8-13-29/h6-28H,1-5H3. The molecular formula is C47H38N4. The zero-order valence-corrected chi connectivity index (χ0v) is 29.6. The van der Waals surface area contributed by atoms with Crippen LogP contribution in [0.3, 0.4) is 0 Å². The molecule has 1 aliphatic rings. The minimum absolute atomic E-state index is 0.0144. The van der Waals surface area contributed by atoms with Crippen molar-refractivity contribution in [2.45, 2.75) is 45.4 Å². The van der Waals surface area contributed by atoms with Crippen LogP contribution in [0.15, 0.2) is 140 Å². The van der Waals surface area contributed by atoms with Crippen LogP contribution in [0.2, 0.25) is 0 Å². The number of pyridine rings is 2. The second kappa shape index (κ2) is 10.5. The van der Waals surface area contributed by atoms with E-state index >= 15 is 0 Å². The van der Waals surface area contributed by atoms with Crippen LogP contribution in [0.1, 0.15) is 51.3 Å². The lowest BCUT2D eigenvalue weighted by molar-refractivity contribution is 0.581. The summed E-state index contributed by atoms with van der Waals surface area (Å²) >= 11 is 0. The molecular weight excluding hydrogens is 621 g/mol. The van der Waals surface area contributed by atoms with E-state index in [0.717, 1.165) is 33.8 Å². The topological polar surface area (TPSA) is 35.6 Å². The molecule has 0 atom stereocenters. The monoisotopic (exact) mass is 658 g/mol. The number of benzene rings is 5. The molecule has 0 bridgehead atoms. The summed E-state index contributed by atoms with van der Waals surface area (Å²) in [6.07, 6.45) is 3.85. The summed E-state index contributed by atoms with van der Waals surface area (Å²) in [6.45, 7) is 11.6. The summed E-state index contributed by atoms with van der Waals surface area (Å²) in [5.41, 5.74) is 14.1. The number of rotatable bonds is 3. The van der Waals surface area contributed by atoms with Crippen LogP contribution in [0.25, 0.3) is 77.5 Å². The van der Waals surface area contributed by atoms with Gasteiger partial charge in [0.15, 0.2) is 0 Å². The highest BCUT2D eigenvalue weighted by atomic mass is 15.1. The van der Waals surface area contributed by atoms with Gasteiger partial charge in [-0.05, 0) is 76.2 Å². The van der Waals surface area contributed by atoms with Crippen molar-refractivity contribution in [1.29, 1.82) is 0 Å². The normalized spacial score (nSPS) is 13.7. The predicted octanol–water partition coefficient (Wildman–Crippen LogP) is 11.9. The molecule has 0 spiro atoms. The van der Waals surface area contributed by atoms with Crippen LogP contribution in [-0.4, -0.2) is 19.1 Å². The molecule has 0 fully saturated rings. The molecule has 5 heterocycles.